The molecule has 8 heteroatoms. The molecule has 0 aliphatic carbocycles. The maximum Gasteiger partial charge on any atom is 0.240 e. The van der Waals surface area contributed by atoms with Crippen molar-refractivity contribution in [3.63, 3.8) is 0 Å². The minimum Gasteiger partial charge on any atom is -0.314 e. The summed E-state index contributed by atoms with van der Waals surface area (Å²) in [6.07, 6.45) is 9.98. The number of nitrogens with zero attached hydrogens (tertiary/aromatic N) is 5. The number of nitrogens with one attached hydrogen (secondary N) is 1. The summed E-state index contributed by atoms with van der Waals surface area (Å²) >= 11 is 0. The van der Waals surface area contributed by atoms with Gasteiger partial charge in [0.2, 0.25) is 5.91 Å². The first kappa shape index (κ1) is 18.0. The molecule has 3 aromatic heterocycles. The van der Waals surface area contributed by atoms with E-state index in [2.05, 4.69) is 25.3 Å². The predicted octanol–water partition coefficient (Wildman–Crippen LogP) is 2.61. The van der Waals surface area contributed by atoms with Crippen molar-refractivity contribution in [1.29, 1.82) is 0 Å². The molecule has 1 N–H and O–H groups in total. The molecule has 0 unspecified atom stereocenters. The van der Waals surface area contributed by atoms with Gasteiger partial charge in [-0.2, -0.15) is 0 Å². The summed E-state index contributed by atoms with van der Waals surface area (Å²) in [4.78, 5) is 32.4. The van der Waals surface area contributed by atoms with E-state index in [4.69, 9.17) is 0 Å². The summed E-state index contributed by atoms with van der Waals surface area (Å²) in [5.74, 6) is -0.281. The minimum absolute atomic E-state index is 0.0468. The molecule has 0 atom stereocenters. The third kappa shape index (κ3) is 2.58. The number of hydrogen-bond donors (Lipinski definition) is 1. The van der Waals surface area contributed by atoms with E-state index in [0.29, 0.717) is 24.2 Å². The number of anilines is 1. The van der Waals surface area contributed by atoms with Gasteiger partial charge in [0, 0.05) is 54.4 Å². The number of hydrogen-bond acceptors (Lipinski definition) is 6. The molecule has 152 valence electrons. The van der Waals surface area contributed by atoms with Crippen LogP contribution < -0.4 is 10.2 Å². The number of halogens is 1. The second-order valence-electron chi connectivity index (χ2n) is 7.91. The highest BCUT2D eigenvalue weighted by Crippen LogP contribution is 2.45. The van der Waals surface area contributed by atoms with Gasteiger partial charge in [0.15, 0.2) is 0 Å². The Hall–Kier alpha value is -3.78. The van der Waals surface area contributed by atoms with Crippen molar-refractivity contribution in [2.24, 2.45) is 0 Å². The van der Waals surface area contributed by atoms with Crippen LogP contribution >= 0.6 is 0 Å². The summed E-state index contributed by atoms with van der Waals surface area (Å²) in [5.41, 5.74) is 3.53. The lowest BCUT2D eigenvalue weighted by Crippen LogP contribution is -2.61. The van der Waals surface area contributed by atoms with E-state index in [1.54, 1.807) is 42.0 Å². The topological polar surface area (TPSA) is 83.9 Å². The molecule has 0 radical (unpaired) electrons. The number of rotatable bonds is 3. The lowest BCUT2D eigenvalue weighted by molar-refractivity contribution is -0.125. The molecule has 0 saturated carbocycles. The van der Waals surface area contributed by atoms with Gasteiger partial charge in [0.1, 0.15) is 17.6 Å². The molecule has 6 rings (SSSR count). The highest BCUT2D eigenvalue weighted by atomic mass is 19.1. The van der Waals surface area contributed by atoms with Gasteiger partial charge < -0.3 is 10.2 Å². The van der Waals surface area contributed by atoms with Crippen molar-refractivity contribution in [2.45, 2.75) is 12.0 Å². The Kier molecular flexibility index (Phi) is 3.85. The van der Waals surface area contributed by atoms with Crippen molar-refractivity contribution in [3.8, 4) is 11.1 Å². The SMILES string of the molecule is O=C1N(Cc2ncc3cc(F)ccc3c2-c2cncnc2)c2cnccc2C12CNC2. The molecule has 1 saturated heterocycles. The molecule has 1 aromatic carbocycles. The lowest BCUT2D eigenvalue weighted by atomic mass is 9.77. The smallest absolute Gasteiger partial charge is 0.240 e. The fourth-order valence-corrected chi connectivity index (χ4v) is 4.62. The van der Waals surface area contributed by atoms with Gasteiger partial charge in [-0.15, -0.1) is 0 Å². The third-order valence-electron chi connectivity index (χ3n) is 6.20. The molecule has 2 aliphatic rings. The second-order valence-corrected chi connectivity index (χ2v) is 7.91. The average molecular weight is 412 g/mol. The third-order valence-corrected chi connectivity index (χ3v) is 6.20. The van der Waals surface area contributed by atoms with E-state index in [1.807, 2.05) is 6.07 Å². The van der Waals surface area contributed by atoms with Crippen LogP contribution in [0.1, 0.15) is 11.3 Å². The van der Waals surface area contributed by atoms with E-state index in [0.717, 1.165) is 27.8 Å². The predicted molar refractivity (Wildman–Crippen MR) is 113 cm³/mol. The Morgan fingerprint density at radius 1 is 1.06 bits per heavy atom. The molecule has 0 bridgehead atoms. The van der Waals surface area contributed by atoms with E-state index < -0.39 is 5.41 Å². The summed E-state index contributed by atoms with van der Waals surface area (Å²) < 4.78 is 13.8. The van der Waals surface area contributed by atoms with Crippen LogP contribution in [0.5, 0.6) is 0 Å². The summed E-state index contributed by atoms with van der Waals surface area (Å²) in [6.45, 7) is 1.50. The van der Waals surface area contributed by atoms with E-state index in [9.17, 15) is 9.18 Å². The first-order valence-corrected chi connectivity index (χ1v) is 9.97. The number of pyridine rings is 2. The van der Waals surface area contributed by atoms with E-state index in [-0.39, 0.29) is 18.3 Å². The largest absolute Gasteiger partial charge is 0.314 e. The van der Waals surface area contributed by atoms with Gasteiger partial charge in [-0.1, -0.05) is 6.07 Å². The minimum atomic E-state index is -0.533. The molecule has 4 aromatic rings. The van der Waals surface area contributed by atoms with Gasteiger partial charge in [0.05, 0.1) is 24.1 Å². The molecule has 31 heavy (non-hydrogen) atoms. The normalized spacial score (nSPS) is 16.5. The zero-order valence-electron chi connectivity index (χ0n) is 16.4. The molecule has 1 fully saturated rings. The second kappa shape index (κ2) is 6.61. The average Bonchev–Trinajstić information content (AvgIpc) is 3.02. The fourth-order valence-electron chi connectivity index (χ4n) is 4.62. The van der Waals surface area contributed by atoms with Gasteiger partial charge in [0.25, 0.3) is 0 Å². The first-order valence-electron chi connectivity index (χ1n) is 9.97. The van der Waals surface area contributed by atoms with Crippen molar-refractivity contribution < 1.29 is 9.18 Å². The maximum atomic E-state index is 13.8. The van der Waals surface area contributed by atoms with Crippen LogP contribution in [0, 0.1) is 5.82 Å². The molecule has 1 spiro atoms. The maximum absolute atomic E-state index is 13.8. The van der Waals surface area contributed by atoms with Crippen LogP contribution in [0.15, 0.2) is 61.6 Å². The zero-order valence-corrected chi connectivity index (χ0v) is 16.4. The Bertz CT molecular complexity index is 1340. The van der Waals surface area contributed by atoms with Crippen molar-refractivity contribution >= 4 is 22.4 Å². The molecular weight excluding hydrogens is 395 g/mol. The van der Waals surface area contributed by atoms with Crippen LogP contribution in [0.4, 0.5) is 10.1 Å². The van der Waals surface area contributed by atoms with Crippen molar-refractivity contribution in [2.75, 3.05) is 18.0 Å². The fraction of sp³-hybridized carbons (Fsp3) is 0.174. The van der Waals surface area contributed by atoms with Crippen LogP contribution in [-0.2, 0) is 16.8 Å². The molecule has 5 heterocycles. The first-order chi connectivity index (χ1) is 15.2. The van der Waals surface area contributed by atoms with Gasteiger partial charge in [-0.05, 0) is 29.1 Å². The van der Waals surface area contributed by atoms with Crippen LogP contribution in [0.3, 0.4) is 0 Å². The quantitative estimate of drug-likeness (QED) is 0.557. The Balaban J connectivity index is 1.52. The molecular formula is C23H17FN6O. The van der Waals surface area contributed by atoms with Gasteiger partial charge in [-0.25, -0.2) is 14.4 Å². The highest BCUT2D eigenvalue weighted by molar-refractivity contribution is 6.09. The number of amides is 1. The van der Waals surface area contributed by atoms with Gasteiger partial charge >= 0.3 is 0 Å². The number of carbonyl (C=O) groups is 1. The monoisotopic (exact) mass is 412 g/mol. The summed E-state index contributed by atoms with van der Waals surface area (Å²) in [6, 6.07) is 6.54. The van der Waals surface area contributed by atoms with Crippen LogP contribution in [-0.4, -0.2) is 38.9 Å². The standard InChI is InChI=1S/C23H17FN6O/c24-16-1-2-17-14(5-16)8-29-19(21(17)15-6-26-13-27-7-15)10-30-20-9-25-4-3-18(20)23(22(30)31)11-28-12-23/h1-9,13,28H,10-12H2. The van der Waals surface area contributed by atoms with Crippen LogP contribution in [0.2, 0.25) is 0 Å². The van der Waals surface area contributed by atoms with Crippen molar-refractivity contribution in [3.05, 3.63) is 78.7 Å². The number of carbonyl (C=O) groups excluding carboxylic acids is 1. The number of aromatic nitrogens is 4. The highest BCUT2D eigenvalue weighted by Gasteiger charge is 2.54. The Morgan fingerprint density at radius 3 is 2.68 bits per heavy atom. The zero-order chi connectivity index (χ0) is 21.0. The van der Waals surface area contributed by atoms with Gasteiger partial charge in [-0.3, -0.25) is 14.8 Å². The van der Waals surface area contributed by atoms with E-state index in [1.165, 1.54) is 18.5 Å². The number of fused-ring (bicyclic) bond motifs is 3. The molecule has 1 amide bonds. The molecule has 2 aliphatic heterocycles. The molecule has 7 nitrogen and oxygen atoms in total. The summed E-state index contributed by atoms with van der Waals surface area (Å²) in [5, 5.41) is 4.74. The Morgan fingerprint density at radius 2 is 1.90 bits per heavy atom. The van der Waals surface area contributed by atoms with Crippen LogP contribution in [0.25, 0.3) is 21.9 Å². The van der Waals surface area contributed by atoms with E-state index >= 15 is 0 Å². The number of benzene rings is 1. The Labute approximate surface area is 177 Å². The lowest BCUT2D eigenvalue weighted by Gasteiger charge is -2.38. The summed E-state index contributed by atoms with van der Waals surface area (Å²) in [7, 11) is 0. The van der Waals surface area contributed by atoms with Crippen molar-refractivity contribution in [1.82, 2.24) is 25.3 Å².